The number of rotatable bonds is 2. The maximum absolute atomic E-state index is 11.3. The van der Waals surface area contributed by atoms with E-state index in [1.165, 1.54) is 10.9 Å². The molecule has 0 saturated carbocycles. The molecule has 0 radical (unpaired) electrons. The van der Waals surface area contributed by atoms with E-state index in [2.05, 4.69) is 5.10 Å². The lowest BCUT2D eigenvalue weighted by Gasteiger charge is -2.08. The minimum absolute atomic E-state index is 0.433. The van der Waals surface area contributed by atoms with Crippen LogP contribution in [0.15, 0.2) is 35.3 Å². The Morgan fingerprint density at radius 1 is 1.39 bits per heavy atom. The number of hydrogen-bond donors (Lipinski definition) is 1. The van der Waals surface area contributed by atoms with Gasteiger partial charge in [-0.05, 0) is 24.6 Å². The van der Waals surface area contributed by atoms with Gasteiger partial charge in [-0.25, -0.2) is 9.48 Å². The fraction of sp³-hybridized carbons (Fsp3) is 0.0833. The molecule has 1 heterocycles. The molecule has 6 heteroatoms. The van der Waals surface area contributed by atoms with E-state index in [4.69, 9.17) is 16.7 Å². The second-order valence-corrected chi connectivity index (χ2v) is 4.14. The zero-order valence-corrected chi connectivity index (χ0v) is 10.2. The standard InChI is InChI=1S/C12H9ClN2O3/c1-7-2-3-9(8(13)6-7)15-5-4-10(16)11(14-15)12(17)18/h2-6H,1H3,(H,17,18). The summed E-state index contributed by atoms with van der Waals surface area (Å²) in [6, 6.07) is 6.41. The third kappa shape index (κ3) is 2.26. The maximum Gasteiger partial charge on any atom is 0.360 e. The lowest BCUT2D eigenvalue weighted by molar-refractivity contribution is 0.0687. The molecule has 0 spiro atoms. The summed E-state index contributed by atoms with van der Waals surface area (Å²) in [4.78, 5) is 22.1. The van der Waals surface area contributed by atoms with E-state index < -0.39 is 17.1 Å². The van der Waals surface area contributed by atoms with Gasteiger partial charge >= 0.3 is 5.97 Å². The zero-order chi connectivity index (χ0) is 13.3. The Hall–Kier alpha value is -2.14. The normalized spacial score (nSPS) is 10.3. The van der Waals surface area contributed by atoms with Crippen molar-refractivity contribution in [3.63, 3.8) is 0 Å². The van der Waals surface area contributed by atoms with Gasteiger partial charge in [0.15, 0.2) is 0 Å². The first-order valence-corrected chi connectivity index (χ1v) is 5.46. The van der Waals surface area contributed by atoms with Crippen molar-refractivity contribution >= 4 is 17.6 Å². The molecule has 0 fully saturated rings. The van der Waals surface area contributed by atoms with Crippen LogP contribution in [0.25, 0.3) is 5.69 Å². The fourth-order valence-electron chi connectivity index (χ4n) is 1.49. The number of halogens is 1. The van der Waals surface area contributed by atoms with Crippen LogP contribution < -0.4 is 5.43 Å². The van der Waals surface area contributed by atoms with Crippen molar-refractivity contribution in [2.24, 2.45) is 0 Å². The molecular weight excluding hydrogens is 256 g/mol. The Bertz CT molecular complexity index is 679. The van der Waals surface area contributed by atoms with E-state index in [0.717, 1.165) is 11.6 Å². The van der Waals surface area contributed by atoms with Crippen LogP contribution in [-0.2, 0) is 0 Å². The molecule has 0 unspecified atom stereocenters. The van der Waals surface area contributed by atoms with Crippen LogP contribution in [0.5, 0.6) is 0 Å². The number of carbonyl (C=O) groups is 1. The Kier molecular flexibility index (Phi) is 3.16. The van der Waals surface area contributed by atoms with Crippen LogP contribution in [0, 0.1) is 6.92 Å². The van der Waals surface area contributed by atoms with Gasteiger partial charge < -0.3 is 5.11 Å². The van der Waals surface area contributed by atoms with Gasteiger partial charge in [0.05, 0.1) is 10.7 Å². The predicted molar refractivity (Wildman–Crippen MR) is 66.5 cm³/mol. The molecule has 0 bridgehead atoms. The van der Waals surface area contributed by atoms with Crippen molar-refractivity contribution < 1.29 is 9.90 Å². The first-order chi connectivity index (χ1) is 8.49. The summed E-state index contributed by atoms with van der Waals surface area (Å²) in [6.07, 6.45) is 1.38. The van der Waals surface area contributed by atoms with Crippen LogP contribution in [0.2, 0.25) is 5.02 Å². The Labute approximate surface area is 107 Å². The van der Waals surface area contributed by atoms with Crippen molar-refractivity contribution in [1.29, 1.82) is 0 Å². The van der Waals surface area contributed by atoms with Crippen LogP contribution in [0.1, 0.15) is 16.1 Å². The summed E-state index contributed by atoms with van der Waals surface area (Å²) < 4.78 is 1.27. The minimum Gasteiger partial charge on any atom is -0.476 e. The molecule has 0 aliphatic rings. The molecule has 0 saturated heterocycles. The molecule has 1 N–H and O–H groups in total. The molecule has 92 valence electrons. The Morgan fingerprint density at radius 2 is 2.11 bits per heavy atom. The molecule has 2 rings (SSSR count). The van der Waals surface area contributed by atoms with Crippen molar-refractivity contribution in [2.75, 3.05) is 0 Å². The van der Waals surface area contributed by atoms with Gasteiger partial charge in [0.25, 0.3) is 0 Å². The molecule has 0 aliphatic carbocycles. The van der Waals surface area contributed by atoms with E-state index in [-0.39, 0.29) is 0 Å². The van der Waals surface area contributed by atoms with Gasteiger partial charge in [-0.3, -0.25) is 4.79 Å². The van der Waals surface area contributed by atoms with Gasteiger partial charge in [0.2, 0.25) is 11.1 Å². The number of aromatic carboxylic acids is 1. The van der Waals surface area contributed by atoms with Crippen LogP contribution in [0.3, 0.4) is 0 Å². The number of hydrogen-bond acceptors (Lipinski definition) is 3. The second-order valence-electron chi connectivity index (χ2n) is 3.73. The quantitative estimate of drug-likeness (QED) is 0.899. The average molecular weight is 265 g/mol. The van der Waals surface area contributed by atoms with Gasteiger partial charge in [-0.1, -0.05) is 17.7 Å². The molecule has 0 aliphatic heterocycles. The SMILES string of the molecule is Cc1ccc(-n2ccc(=O)c(C(=O)O)n2)c(Cl)c1. The van der Waals surface area contributed by atoms with E-state index in [1.807, 2.05) is 13.0 Å². The molecule has 0 amide bonds. The number of carboxylic acids is 1. The van der Waals surface area contributed by atoms with Crippen molar-refractivity contribution in [3.8, 4) is 5.69 Å². The Balaban J connectivity index is 2.61. The summed E-state index contributed by atoms with van der Waals surface area (Å²) in [5.41, 5.74) is 0.323. The summed E-state index contributed by atoms with van der Waals surface area (Å²) >= 11 is 6.05. The van der Waals surface area contributed by atoms with Gasteiger partial charge in [-0.15, -0.1) is 0 Å². The second kappa shape index (κ2) is 4.62. The van der Waals surface area contributed by atoms with E-state index in [0.29, 0.717) is 10.7 Å². The van der Waals surface area contributed by atoms with Crippen molar-refractivity contribution in [2.45, 2.75) is 6.92 Å². The van der Waals surface area contributed by atoms with Crippen molar-refractivity contribution in [1.82, 2.24) is 9.78 Å². The first kappa shape index (κ1) is 12.3. The monoisotopic (exact) mass is 264 g/mol. The average Bonchev–Trinajstić information content (AvgIpc) is 2.30. The predicted octanol–water partition coefficient (Wildman–Crippen LogP) is 1.89. The molecule has 0 atom stereocenters. The highest BCUT2D eigenvalue weighted by molar-refractivity contribution is 6.32. The van der Waals surface area contributed by atoms with Crippen molar-refractivity contribution in [3.05, 3.63) is 57.0 Å². The van der Waals surface area contributed by atoms with E-state index in [9.17, 15) is 9.59 Å². The maximum atomic E-state index is 11.3. The van der Waals surface area contributed by atoms with E-state index in [1.54, 1.807) is 12.1 Å². The van der Waals surface area contributed by atoms with Gasteiger partial charge in [0.1, 0.15) is 0 Å². The first-order valence-electron chi connectivity index (χ1n) is 5.09. The molecule has 18 heavy (non-hydrogen) atoms. The molecule has 1 aromatic carbocycles. The third-order valence-electron chi connectivity index (χ3n) is 2.36. The molecule has 1 aromatic heterocycles. The minimum atomic E-state index is -1.36. The third-order valence-corrected chi connectivity index (χ3v) is 2.66. The fourth-order valence-corrected chi connectivity index (χ4v) is 1.81. The number of benzene rings is 1. The lowest BCUT2D eigenvalue weighted by atomic mass is 10.2. The number of aryl methyl sites for hydroxylation is 1. The Morgan fingerprint density at radius 3 is 2.72 bits per heavy atom. The largest absolute Gasteiger partial charge is 0.476 e. The smallest absolute Gasteiger partial charge is 0.360 e. The summed E-state index contributed by atoms with van der Waals surface area (Å²) in [7, 11) is 0. The zero-order valence-electron chi connectivity index (χ0n) is 9.42. The topological polar surface area (TPSA) is 72.2 Å². The number of nitrogens with zero attached hydrogens (tertiary/aromatic N) is 2. The lowest BCUT2D eigenvalue weighted by Crippen LogP contribution is -2.20. The highest BCUT2D eigenvalue weighted by atomic mass is 35.5. The van der Waals surface area contributed by atoms with Crippen LogP contribution >= 0.6 is 11.6 Å². The molecular formula is C12H9ClN2O3. The highest BCUT2D eigenvalue weighted by Gasteiger charge is 2.12. The summed E-state index contributed by atoms with van der Waals surface area (Å²) in [6.45, 7) is 1.89. The molecule has 5 nitrogen and oxygen atoms in total. The summed E-state index contributed by atoms with van der Waals surface area (Å²) in [5, 5.41) is 13.0. The highest BCUT2D eigenvalue weighted by Crippen LogP contribution is 2.20. The number of aromatic nitrogens is 2. The molecule has 2 aromatic rings. The van der Waals surface area contributed by atoms with Gasteiger partial charge in [-0.2, -0.15) is 5.10 Å². The summed E-state index contributed by atoms with van der Waals surface area (Å²) in [5.74, 6) is -1.36. The van der Waals surface area contributed by atoms with Gasteiger partial charge in [0, 0.05) is 12.3 Å². The van der Waals surface area contributed by atoms with Crippen LogP contribution in [-0.4, -0.2) is 20.9 Å². The van der Waals surface area contributed by atoms with Crippen LogP contribution in [0.4, 0.5) is 0 Å². The van der Waals surface area contributed by atoms with E-state index >= 15 is 0 Å². The number of carboxylic acid groups (broad SMARTS) is 1.